The van der Waals surface area contributed by atoms with E-state index in [9.17, 15) is 0 Å². The Balaban J connectivity index is 0.000000180. The van der Waals surface area contributed by atoms with E-state index in [1.165, 1.54) is 0 Å². The summed E-state index contributed by atoms with van der Waals surface area (Å²) in [7, 11) is 0. The standard InChI is InChI=1S/2C8H9N/c2*1-2-7-3-5-8(9)6-4-7/h2*2-6H,1,9H2. The first-order valence-corrected chi connectivity index (χ1v) is 5.61. The monoisotopic (exact) mass is 238 g/mol. The summed E-state index contributed by atoms with van der Waals surface area (Å²) in [6.45, 7) is 7.24. The maximum Gasteiger partial charge on any atom is 0.0314 e. The summed E-state index contributed by atoms with van der Waals surface area (Å²) in [4.78, 5) is 0. The molecule has 4 N–H and O–H groups in total. The van der Waals surface area contributed by atoms with Crippen molar-refractivity contribution in [2.24, 2.45) is 0 Å². The van der Waals surface area contributed by atoms with Gasteiger partial charge in [-0.2, -0.15) is 0 Å². The van der Waals surface area contributed by atoms with Gasteiger partial charge in [0.1, 0.15) is 0 Å². The van der Waals surface area contributed by atoms with Crippen LogP contribution in [0.4, 0.5) is 11.4 Å². The van der Waals surface area contributed by atoms with E-state index in [0.717, 1.165) is 22.5 Å². The maximum absolute atomic E-state index is 5.45. The van der Waals surface area contributed by atoms with E-state index in [-0.39, 0.29) is 0 Å². The molecular weight excluding hydrogens is 220 g/mol. The van der Waals surface area contributed by atoms with E-state index >= 15 is 0 Å². The molecule has 0 radical (unpaired) electrons. The molecule has 92 valence electrons. The van der Waals surface area contributed by atoms with Crippen molar-refractivity contribution in [1.29, 1.82) is 0 Å². The normalized spacial score (nSPS) is 8.89. The first-order valence-electron chi connectivity index (χ1n) is 5.61. The van der Waals surface area contributed by atoms with Gasteiger partial charge < -0.3 is 11.5 Å². The van der Waals surface area contributed by atoms with E-state index in [1.807, 2.05) is 48.5 Å². The van der Waals surface area contributed by atoms with Crippen LogP contribution >= 0.6 is 0 Å². The van der Waals surface area contributed by atoms with Crippen molar-refractivity contribution < 1.29 is 0 Å². The molecular formula is C16H18N2. The highest BCUT2D eigenvalue weighted by Gasteiger charge is 1.83. The second-order valence-electron chi connectivity index (χ2n) is 3.74. The van der Waals surface area contributed by atoms with Crippen molar-refractivity contribution in [2.45, 2.75) is 0 Å². The molecule has 18 heavy (non-hydrogen) atoms. The lowest BCUT2D eigenvalue weighted by molar-refractivity contribution is 1.65. The molecule has 0 aromatic heterocycles. The summed E-state index contributed by atoms with van der Waals surface area (Å²) in [6.07, 6.45) is 3.58. The van der Waals surface area contributed by atoms with Gasteiger partial charge in [0.05, 0.1) is 0 Å². The fourth-order valence-corrected chi connectivity index (χ4v) is 1.26. The average molecular weight is 238 g/mol. The average Bonchev–Trinajstić information content (AvgIpc) is 2.41. The van der Waals surface area contributed by atoms with Crippen molar-refractivity contribution >= 4 is 23.5 Å². The molecule has 0 amide bonds. The Morgan fingerprint density at radius 2 is 0.889 bits per heavy atom. The summed E-state index contributed by atoms with van der Waals surface area (Å²) in [5, 5.41) is 0. The van der Waals surface area contributed by atoms with Gasteiger partial charge >= 0.3 is 0 Å². The van der Waals surface area contributed by atoms with Crippen LogP contribution in [0.2, 0.25) is 0 Å². The maximum atomic E-state index is 5.45. The van der Waals surface area contributed by atoms with Gasteiger partial charge in [0.25, 0.3) is 0 Å². The molecule has 0 saturated heterocycles. The van der Waals surface area contributed by atoms with Crippen LogP contribution in [-0.4, -0.2) is 0 Å². The third-order valence-corrected chi connectivity index (χ3v) is 2.34. The van der Waals surface area contributed by atoms with Gasteiger partial charge in [-0.1, -0.05) is 49.6 Å². The Bertz CT molecular complexity index is 446. The first-order chi connectivity index (χ1) is 8.65. The third kappa shape index (κ3) is 4.58. The summed E-state index contributed by atoms with van der Waals surface area (Å²) in [6, 6.07) is 15.2. The highest BCUT2D eigenvalue weighted by Crippen LogP contribution is 2.05. The highest BCUT2D eigenvalue weighted by atomic mass is 14.5. The number of hydrogen-bond acceptors (Lipinski definition) is 2. The van der Waals surface area contributed by atoms with Crippen LogP contribution in [0.25, 0.3) is 12.2 Å². The Morgan fingerprint density at radius 3 is 1.11 bits per heavy atom. The van der Waals surface area contributed by atoms with Crippen LogP contribution in [0.15, 0.2) is 61.7 Å². The second kappa shape index (κ2) is 6.97. The zero-order valence-corrected chi connectivity index (χ0v) is 10.3. The van der Waals surface area contributed by atoms with Crippen LogP contribution in [0.3, 0.4) is 0 Å². The zero-order chi connectivity index (χ0) is 13.4. The first kappa shape index (κ1) is 13.6. The molecule has 0 aliphatic rings. The molecule has 0 fully saturated rings. The van der Waals surface area contributed by atoms with E-state index in [4.69, 9.17) is 11.5 Å². The second-order valence-corrected chi connectivity index (χ2v) is 3.74. The van der Waals surface area contributed by atoms with Crippen molar-refractivity contribution in [3.8, 4) is 0 Å². The van der Waals surface area contributed by atoms with E-state index in [1.54, 1.807) is 12.2 Å². The quantitative estimate of drug-likeness (QED) is 0.781. The number of anilines is 2. The fraction of sp³-hybridized carbons (Fsp3) is 0. The lowest BCUT2D eigenvalue weighted by Crippen LogP contribution is -1.81. The summed E-state index contributed by atoms with van der Waals surface area (Å²) in [5.74, 6) is 0. The number of rotatable bonds is 2. The van der Waals surface area contributed by atoms with Gasteiger partial charge in [-0.3, -0.25) is 0 Å². The molecule has 2 rings (SSSR count). The van der Waals surface area contributed by atoms with Gasteiger partial charge in [-0.25, -0.2) is 0 Å². The zero-order valence-electron chi connectivity index (χ0n) is 10.3. The van der Waals surface area contributed by atoms with Crippen LogP contribution in [0.5, 0.6) is 0 Å². The van der Waals surface area contributed by atoms with Crippen LogP contribution < -0.4 is 11.5 Å². The number of nitrogens with two attached hydrogens (primary N) is 2. The van der Waals surface area contributed by atoms with Gasteiger partial charge in [-0.15, -0.1) is 0 Å². The predicted molar refractivity (Wildman–Crippen MR) is 81.9 cm³/mol. The van der Waals surface area contributed by atoms with Crippen molar-refractivity contribution in [1.82, 2.24) is 0 Å². The minimum Gasteiger partial charge on any atom is -0.399 e. The van der Waals surface area contributed by atoms with Crippen LogP contribution in [0, 0.1) is 0 Å². The smallest absolute Gasteiger partial charge is 0.0314 e. The molecule has 2 aromatic rings. The summed E-state index contributed by atoms with van der Waals surface area (Å²) in [5.41, 5.74) is 14.7. The third-order valence-electron chi connectivity index (χ3n) is 2.34. The van der Waals surface area contributed by atoms with Crippen molar-refractivity contribution in [3.63, 3.8) is 0 Å². The molecule has 2 nitrogen and oxygen atoms in total. The Labute approximate surface area is 108 Å². The molecule has 0 bridgehead atoms. The lowest BCUT2D eigenvalue weighted by atomic mass is 10.2. The molecule has 0 saturated carbocycles. The van der Waals surface area contributed by atoms with E-state index < -0.39 is 0 Å². The van der Waals surface area contributed by atoms with Gasteiger partial charge in [0, 0.05) is 11.4 Å². The predicted octanol–water partition coefficient (Wildman–Crippen LogP) is 3.82. The molecule has 2 aromatic carbocycles. The molecule has 0 atom stereocenters. The van der Waals surface area contributed by atoms with Gasteiger partial charge in [0.15, 0.2) is 0 Å². The molecule has 0 unspecified atom stereocenters. The highest BCUT2D eigenvalue weighted by molar-refractivity contribution is 5.52. The number of benzene rings is 2. The van der Waals surface area contributed by atoms with Crippen molar-refractivity contribution in [3.05, 3.63) is 72.8 Å². The molecule has 2 heteroatoms. The minimum atomic E-state index is 0.792. The van der Waals surface area contributed by atoms with E-state index in [0.29, 0.717) is 0 Å². The molecule has 0 aliphatic heterocycles. The van der Waals surface area contributed by atoms with Gasteiger partial charge in [-0.05, 0) is 35.4 Å². The number of nitrogen functional groups attached to an aromatic ring is 2. The minimum absolute atomic E-state index is 0.792. The van der Waals surface area contributed by atoms with Crippen LogP contribution in [-0.2, 0) is 0 Å². The SMILES string of the molecule is C=Cc1ccc(N)cc1.C=Cc1ccc(N)cc1. The molecule has 0 spiro atoms. The van der Waals surface area contributed by atoms with E-state index in [2.05, 4.69) is 13.2 Å². The summed E-state index contributed by atoms with van der Waals surface area (Å²) < 4.78 is 0. The van der Waals surface area contributed by atoms with Crippen molar-refractivity contribution in [2.75, 3.05) is 11.5 Å². The largest absolute Gasteiger partial charge is 0.399 e. The number of hydrogen-bond donors (Lipinski definition) is 2. The summed E-state index contributed by atoms with van der Waals surface area (Å²) >= 11 is 0. The molecule has 0 aliphatic carbocycles. The Morgan fingerprint density at radius 1 is 0.611 bits per heavy atom. The fourth-order valence-electron chi connectivity index (χ4n) is 1.26. The Hall–Kier alpha value is -2.48. The molecule has 0 heterocycles. The van der Waals surface area contributed by atoms with Crippen LogP contribution in [0.1, 0.15) is 11.1 Å². The Kier molecular flexibility index (Phi) is 5.26. The lowest BCUT2D eigenvalue weighted by Gasteiger charge is -1.91. The topological polar surface area (TPSA) is 52.0 Å². The van der Waals surface area contributed by atoms with Gasteiger partial charge in [0.2, 0.25) is 0 Å².